The van der Waals surface area contributed by atoms with Crippen molar-refractivity contribution in [2.45, 2.75) is 5.75 Å². The Labute approximate surface area is 104 Å². The van der Waals surface area contributed by atoms with E-state index in [0.29, 0.717) is 5.56 Å². The summed E-state index contributed by atoms with van der Waals surface area (Å²) in [6, 6.07) is 6.81. The van der Waals surface area contributed by atoms with Crippen LogP contribution in [0.3, 0.4) is 0 Å². The van der Waals surface area contributed by atoms with Gasteiger partial charge in [-0.3, -0.25) is 0 Å². The molecule has 1 aromatic carbocycles. The molecule has 1 aromatic rings. The van der Waals surface area contributed by atoms with Gasteiger partial charge in [0.05, 0.1) is 5.75 Å². The lowest BCUT2D eigenvalue weighted by Gasteiger charge is -2.02. The van der Waals surface area contributed by atoms with Gasteiger partial charge < -0.3 is 0 Å². The third-order valence-corrected chi connectivity index (χ3v) is 4.15. The minimum atomic E-state index is -3.64. The van der Waals surface area contributed by atoms with Crippen LogP contribution in [0.4, 0.5) is 4.39 Å². The number of hydrogen-bond acceptors (Lipinski definition) is 4. The Morgan fingerprint density at radius 3 is 2.53 bits per heavy atom. The molecule has 0 amide bonds. The monoisotopic (exact) mass is 271 g/mol. The lowest BCUT2D eigenvalue weighted by atomic mass is 10.2. The third kappa shape index (κ3) is 3.88. The summed E-state index contributed by atoms with van der Waals surface area (Å²) in [5.74, 6) is -0.723. The van der Waals surface area contributed by atoms with Crippen molar-refractivity contribution in [3.63, 3.8) is 0 Å². The highest BCUT2D eigenvalue weighted by Crippen LogP contribution is 2.16. The fourth-order valence-electron chi connectivity index (χ4n) is 1.15. The Balaban J connectivity index is 2.98. The standard InChI is InChI=1S/C11H10FNO2S2/c1-16-7-11(6-13)17(14,15)8-9-2-4-10(12)5-3-9/h2-5,7H,8H2,1H3/b11-7+. The molecule has 0 aromatic heterocycles. The predicted molar refractivity (Wildman–Crippen MR) is 66.2 cm³/mol. The van der Waals surface area contributed by atoms with Crippen molar-refractivity contribution >= 4 is 21.6 Å². The van der Waals surface area contributed by atoms with Crippen LogP contribution >= 0.6 is 11.8 Å². The Bertz CT molecular complexity index is 556. The van der Waals surface area contributed by atoms with E-state index in [1.54, 1.807) is 12.3 Å². The van der Waals surface area contributed by atoms with E-state index in [0.717, 1.165) is 11.8 Å². The van der Waals surface area contributed by atoms with Gasteiger partial charge >= 0.3 is 0 Å². The molecule has 0 N–H and O–H groups in total. The van der Waals surface area contributed by atoms with Gasteiger partial charge in [0, 0.05) is 5.41 Å². The molecule has 0 saturated carbocycles. The fraction of sp³-hybridized carbons (Fsp3) is 0.182. The number of sulfone groups is 1. The molecule has 1 rings (SSSR count). The number of hydrogen-bond donors (Lipinski definition) is 0. The van der Waals surface area contributed by atoms with Crippen molar-refractivity contribution in [3.05, 3.63) is 46.0 Å². The lowest BCUT2D eigenvalue weighted by Crippen LogP contribution is -2.06. The summed E-state index contributed by atoms with van der Waals surface area (Å²) < 4.78 is 36.3. The van der Waals surface area contributed by atoms with Crippen LogP contribution in [0.15, 0.2) is 34.6 Å². The maximum Gasteiger partial charge on any atom is 0.193 e. The third-order valence-electron chi connectivity index (χ3n) is 1.94. The van der Waals surface area contributed by atoms with E-state index in [1.165, 1.54) is 29.7 Å². The molecule has 0 aliphatic carbocycles. The van der Waals surface area contributed by atoms with Crippen molar-refractivity contribution in [2.24, 2.45) is 0 Å². The predicted octanol–water partition coefficient (Wildman–Crippen LogP) is 2.47. The second kappa shape index (κ2) is 5.84. The van der Waals surface area contributed by atoms with Crippen molar-refractivity contribution < 1.29 is 12.8 Å². The van der Waals surface area contributed by atoms with E-state index in [4.69, 9.17) is 5.26 Å². The molecule has 90 valence electrons. The highest BCUT2D eigenvalue weighted by atomic mass is 32.2. The van der Waals surface area contributed by atoms with Crippen LogP contribution in [0, 0.1) is 17.1 Å². The van der Waals surface area contributed by atoms with Crippen molar-refractivity contribution in [2.75, 3.05) is 6.26 Å². The molecule has 0 spiro atoms. The van der Waals surface area contributed by atoms with Crippen LogP contribution in [0.1, 0.15) is 5.56 Å². The van der Waals surface area contributed by atoms with Gasteiger partial charge in [-0.25, -0.2) is 12.8 Å². The number of thioether (sulfide) groups is 1. The molecule has 0 heterocycles. The molecule has 0 bridgehead atoms. The van der Waals surface area contributed by atoms with Crippen LogP contribution in [-0.2, 0) is 15.6 Å². The molecule has 0 saturated heterocycles. The van der Waals surface area contributed by atoms with E-state index in [2.05, 4.69) is 0 Å². The summed E-state index contributed by atoms with van der Waals surface area (Å²) in [5.41, 5.74) is 0.452. The normalized spacial score (nSPS) is 12.2. The van der Waals surface area contributed by atoms with Crippen molar-refractivity contribution in [1.82, 2.24) is 0 Å². The summed E-state index contributed by atoms with van der Waals surface area (Å²) in [7, 11) is -3.64. The molecule has 0 radical (unpaired) electrons. The zero-order chi connectivity index (χ0) is 12.9. The molecule has 3 nitrogen and oxygen atoms in total. The Hall–Kier alpha value is -1.32. The second-order valence-corrected chi connectivity index (χ2v) is 5.88. The summed E-state index contributed by atoms with van der Waals surface area (Å²) in [4.78, 5) is -0.269. The largest absolute Gasteiger partial charge is 0.223 e. The zero-order valence-electron chi connectivity index (χ0n) is 9.05. The summed E-state index contributed by atoms with van der Waals surface area (Å²) in [6.07, 6.45) is 1.67. The molecule has 0 aliphatic heterocycles. The Morgan fingerprint density at radius 1 is 1.47 bits per heavy atom. The van der Waals surface area contributed by atoms with Gasteiger partial charge in [0.15, 0.2) is 14.7 Å². The number of rotatable bonds is 4. The van der Waals surface area contributed by atoms with Crippen molar-refractivity contribution in [1.29, 1.82) is 5.26 Å². The van der Waals surface area contributed by atoms with Crippen LogP contribution < -0.4 is 0 Å². The van der Waals surface area contributed by atoms with Gasteiger partial charge in [0.25, 0.3) is 0 Å². The quantitative estimate of drug-likeness (QED) is 0.789. The summed E-state index contributed by atoms with van der Waals surface area (Å²) in [5, 5.41) is 10.0. The van der Waals surface area contributed by atoms with Crippen LogP contribution in [0.2, 0.25) is 0 Å². The Morgan fingerprint density at radius 2 is 2.06 bits per heavy atom. The van der Waals surface area contributed by atoms with E-state index in [9.17, 15) is 12.8 Å². The summed E-state index contributed by atoms with van der Waals surface area (Å²) >= 11 is 1.15. The number of benzene rings is 1. The number of nitriles is 1. The Kier molecular flexibility index (Phi) is 4.73. The molecule has 0 unspecified atom stereocenters. The van der Waals surface area contributed by atoms with Gasteiger partial charge in [-0.1, -0.05) is 12.1 Å². The topological polar surface area (TPSA) is 57.9 Å². The number of nitrogens with zero attached hydrogens (tertiary/aromatic N) is 1. The van der Waals surface area contributed by atoms with Gasteiger partial charge in [-0.15, -0.1) is 11.8 Å². The minimum absolute atomic E-state index is 0.269. The van der Waals surface area contributed by atoms with E-state index >= 15 is 0 Å². The number of halogens is 1. The minimum Gasteiger partial charge on any atom is -0.223 e. The number of allylic oxidation sites excluding steroid dienone is 1. The average Bonchev–Trinajstić information content (AvgIpc) is 2.28. The molecule has 0 fully saturated rings. The molecule has 0 atom stereocenters. The lowest BCUT2D eigenvalue weighted by molar-refractivity contribution is 0.602. The highest BCUT2D eigenvalue weighted by molar-refractivity contribution is 8.03. The van der Waals surface area contributed by atoms with Crippen molar-refractivity contribution in [3.8, 4) is 6.07 Å². The fourth-order valence-corrected chi connectivity index (χ4v) is 3.22. The second-order valence-electron chi connectivity index (χ2n) is 3.22. The smallest absolute Gasteiger partial charge is 0.193 e. The van der Waals surface area contributed by atoms with Crippen LogP contribution in [0.5, 0.6) is 0 Å². The molecular formula is C11H10FNO2S2. The van der Waals surface area contributed by atoms with E-state index in [1.807, 2.05) is 0 Å². The first-order chi connectivity index (χ1) is 7.99. The maximum atomic E-state index is 12.6. The summed E-state index contributed by atoms with van der Waals surface area (Å²) in [6.45, 7) is 0. The van der Waals surface area contributed by atoms with E-state index in [-0.39, 0.29) is 10.7 Å². The van der Waals surface area contributed by atoms with Gasteiger partial charge in [0.2, 0.25) is 0 Å². The first-order valence-electron chi connectivity index (χ1n) is 4.60. The highest BCUT2D eigenvalue weighted by Gasteiger charge is 2.18. The van der Waals surface area contributed by atoms with Gasteiger partial charge in [-0.05, 0) is 24.0 Å². The van der Waals surface area contributed by atoms with Gasteiger partial charge in [0.1, 0.15) is 11.9 Å². The zero-order valence-corrected chi connectivity index (χ0v) is 10.7. The first kappa shape index (κ1) is 13.7. The maximum absolute atomic E-state index is 12.6. The van der Waals surface area contributed by atoms with Crippen LogP contribution in [-0.4, -0.2) is 14.7 Å². The SMILES string of the molecule is CS/C=C(\C#N)S(=O)(=O)Cc1ccc(F)cc1. The average molecular weight is 271 g/mol. The van der Waals surface area contributed by atoms with Crippen LogP contribution in [0.25, 0.3) is 0 Å². The molecular weight excluding hydrogens is 261 g/mol. The molecule has 6 heteroatoms. The molecule has 0 aliphatic rings. The van der Waals surface area contributed by atoms with E-state index < -0.39 is 15.7 Å². The molecule has 17 heavy (non-hydrogen) atoms. The first-order valence-corrected chi connectivity index (χ1v) is 7.54. The van der Waals surface area contributed by atoms with Gasteiger partial charge in [-0.2, -0.15) is 5.26 Å².